The second kappa shape index (κ2) is 2.46. The molecular weight excluding hydrogens is 175 g/mol. The van der Waals surface area contributed by atoms with Crippen LogP contribution in [0.25, 0.3) is 0 Å². The number of alkyl halides is 3. The van der Waals surface area contributed by atoms with Gasteiger partial charge in [-0.25, -0.2) is 0 Å². The van der Waals surface area contributed by atoms with Crippen LogP contribution in [0, 0.1) is 5.92 Å². The summed E-state index contributed by atoms with van der Waals surface area (Å²) in [5.74, 6) is -4.06. The van der Waals surface area contributed by atoms with Gasteiger partial charge in [-0.3, -0.25) is 14.5 Å². The lowest BCUT2D eigenvalue weighted by molar-refractivity contribution is -0.180. The van der Waals surface area contributed by atoms with Gasteiger partial charge in [0.25, 0.3) is 0 Å². The lowest BCUT2D eigenvalue weighted by Crippen LogP contribution is -2.32. The van der Waals surface area contributed by atoms with Gasteiger partial charge in [0.1, 0.15) is 5.92 Å². The number of halogens is 3. The minimum Gasteiger partial charge on any atom is -0.285 e. The van der Waals surface area contributed by atoms with Crippen molar-refractivity contribution in [1.29, 1.82) is 0 Å². The first-order chi connectivity index (χ1) is 5.34. The van der Waals surface area contributed by atoms with Crippen LogP contribution in [-0.4, -0.2) is 29.9 Å². The molecule has 0 spiro atoms. The predicted octanol–water partition coefficient (Wildman–Crippen LogP) is 0.554. The Bertz CT molecular complexity index is 235. The summed E-state index contributed by atoms with van der Waals surface area (Å²) in [6, 6.07) is 0. The molecule has 1 aliphatic rings. The van der Waals surface area contributed by atoms with E-state index in [1.165, 1.54) is 0 Å². The third-order valence-electron chi connectivity index (χ3n) is 1.78. The maximum absolute atomic E-state index is 12.0. The number of imide groups is 1. The Labute approximate surface area is 66.1 Å². The smallest absolute Gasteiger partial charge is 0.285 e. The molecule has 0 N–H and O–H groups in total. The van der Waals surface area contributed by atoms with E-state index in [2.05, 4.69) is 0 Å². The highest BCUT2D eigenvalue weighted by atomic mass is 19.4. The number of carbonyl (C=O) groups is 2. The molecule has 12 heavy (non-hydrogen) atoms. The molecule has 2 amide bonds. The first-order valence-electron chi connectivity index (χ1n) is 3.21. The number of hydrogen-bond donors (Lipinski definition) is 0. The van der Waals surface area contributed by atoms with Crippen molar-refractivity contribution in [2.75, 3.05) is 7.05 Å². The summed E-state index contributed by atoms with van der Waals surface area (Å²) in [7, 11) is 1.05. The van der Waals surface area contributed by atoms with Crippen LogP contribution < -0.4 is 0 Å². The monoisotopic (exact) mass is 181 g/mol. The first kappa shape index (κ1) is 9.02. The quantitative estimate of drug-likeness (QED) is 0.512. The number of nitrogens with zero attached hydrogens (tertiary/aromatic N) is 1. The van der Waals surface area contributed by atoms with E-state index in [4.69, 9.17) is 0 Å². The number of hydrogen-bond acceptors (Lipinski definition) is 2. The zero-order chi connectivity index (χ0) is 9.52. The Hall–Kier alpha value is -1.07. The molecule has 1 unspecified atom stereocenters. The average Bonchev–Trinajstić information content (AvgIpc) is 2.15. The lowest BCUT2D eigenvalue weighted by Gasteiger charge is -2.11. The topological polar surface area (TPSA) is 37.4 Å². The van der Waals surface area contributed by atoms with E-state index in [-0.39, 0.29) is 0 Å². The Balaban J connectivity index is 2.86. The fourth-order valence-electron chi connectivity index (χ4n) is 1.01. The zero-order valence-corrected chi connectivity index (χ0v) is 6.18. The minimum absolute atomic E-state index is 0.512. The van der Waals surface area contributed by atoms with E-state index in [0.717, 1.165) is 7.05 Å². The van der Waals surface area contributed by atoms with Crippen LogP contribution in [0.2, 0.25) is 0 Å². The van der Waals surface area contributed by atoms with Gasteiger partial charge in [-0.15, -0.1) is 0 Å². The molecule has 0 aromatic carbocycles. The van der Waals surface area contributed by atoms with Crippen molar-refractivity contribution < 1.29 is 22.8 Å². The highest BCUT2D eigenvalue weighted by Crippen LogP contribution is 2.34. The maximum atomic E-state index is 12.0. The van der Waals surface area contributed by atoms with E-state index in [0.29, 0.717) is 4.90 Å². The first-order valence-corrected chi connectivity index (χ1v) is 3.21. The molecule has 0 aromatic rings. The zero-order valence-electron chi connectivity index (χ0n) is 6.18. The van der Waals surface area contributed by atoms with Gasteiger partial charge in [0.2, 0.25) is 11.8 Å². The Morgan fingerprint density at radius 3 is 2.08 bits per heavy atom. The highest BCUT2D eigenvalue weighted by Gasteiger charge is 2.52. The number of likely N-dealkylation sites (tertiary alicyclic amines) is 1. The second-order valence-corrected chi connectivity index (χ2v) is 2.59. The predicted molar refractivity (Wildman–Crippen MR) is 31.9 cm³/mol. The van der Waals surface area contributed by atoms with Gasteiger partial charge in [0.05, 0.1) is 0 Å². The summed E-state index contributed by atoms with van der Waals surface area (Å²) in [5, 5.41) is 0. The molecule has 0 bridgehead atoms. The van der Waals surface area contributed by atoms with E-state index in [1.54, 1.807) is 0 Å². The van der Waals surface area contributed by atoms with Crippen molar-refractivity contribution in [3.63, 3.8) is 0 Å². The van der Waals surface area contributed by atoms with E-state index in [9.17, 15) is 22.8 Å². The van der Waals surface area contributed by atoms with Crippen molar-refractivity contribution >= 4 is 11.8 Å². The van der Waals surface area contributed by atoms with Gasteiger partial charge in [-0.1, -0.05) is 0 Å². The molecular formula is C6H6F3NO2. The van der Waals surface area contributed by atoms with E-state index < -0.39 is 30.3 Å². The van der Waals surface area contributed by atoms with Crippen LogP contribution >= 0.6 is 0 Å². The van der Waals surface area contributed by atoms with Crippen molar-refractivity contribution in [2.45, 2.75) is 12.6 Å². The summed E-state index contributed by atoms with van der Waals surface area (Å²) in [4.78, 5) is 21.9. The van der Waals surface area contributed by atoms with Gasteiger partial charge >= 0.3 is 6.18 Å². The number of amides is 2. The third kappa shape index (κ3) is 1.28. The molecule has 0 radical (unpaired) electrons. The van der Waals surface area contributed by atoms with Crippen LogP contribution in [0.1, 0.15) is 6.42 Å². The van der Waals surface area contributed by atoms with Gasteiger partial charge in [-0.2, -0.15) is 13.2 Å². The SMILES string of the molecule is CN1C(=O)CC(C(F)(F)F)C1=O. The standard InChI is InChI=1S/C6H6F3NO2/c1-10-4(11)2-3(5(10)12)6(7,8)9/h3H,2H2,1H3. The second-order valence-electron chi connectivity index (χ2n) is 2.59. The molecule has 1 aliphatic heterocycles. The van der Waals surface area contributed by atoms with Gasteiger partial charge < -0.3 is 0 Å². The van der Waals surface area contributed by atoms with Crippen molar-refractivity contribution in [3.05, 3.63) is 0 Å². The fraction of sp³-hybridized carbons (Fsp3) is 0.667. The maximum Gasteiger partial charge on any atom is 0.401 e. The van der Waals surface area contributed by atoms with Gasteiger partial charge in [0.15, 0.2) is 0 Å². The minimum atomic E-state index is -4.60. The van der Waals surface area contributed by atoms with Crippen LogP contribution in [0.5, 0.6) is 0 Å². The van der Waals surface area contributed by atoms with Gasteiger partial charge in [0, 0.05) is 13.5 Å². The molecule has 1 saturated heterocycles. The normalized spacial score (nSPS) is 25.3. The molecule has 68 valence electrons. The molecule has 6 heteroatoms. The van der Waals surface area contributed by atoms with Crippen molar-refractivity contribution in [3.8, 4) is 0 Å². The lowest BCUT2D eigenvalue weighted by atomic mass is 10.1. The summed E-state index contributed by atoms with van der Waals surface area (Å²) >= 11 is 0. The number of rotatable bonds is 0. The molecule has 3 nitrogen and oxygen atoms in total. The van der Waals surface area contributed by atoms with E-state index in [1.807, 2.05) is 0 Å². The van der Waals surface area contributed by atoms with Crippen molar-refractivity contribution in [2.24, 2.45) is 5.92 Å². The molecule has 0 aliphatic carbocycles. The molecule has 1 fully saturated rings. The molecule has 1 atom stereocenters. The average molecular weight is 181 g/mol. The summed E-state index contributed by atoms with van der Waals surface area (Å²) < 4.78 is 35.9. The Morgan fingerprint density at radius 1 is 1.42 bits per heavy atom. The fourth-order valence-corrected chi connectivity index (χ4v) is 1.01. The van der Waals surface area contributed by atoms with Crippen LogP contribution in [0.3, 0.4) is 0 Å². The molecule has 0 aromatic heterocycles. The van der Waals surface area contributed by atoms with Crippen LogP contribution in [0.4, 0.5) is 13.2 Å². The molecule has 1 heterocycles. The van der Waals surface area contributed by atoms with E-state index >= 15 is 0 Å². The van der Waals surface area contributed by atoms with Gasteiger partial charge in [-0.05, 0) is 0 Å². The highest BCUT2D eigenvalue weighted by molar-refractivity contribution is 6.03. The molecule has 1 rings (SSSR count). The van der Waals surface area contributed by atoms with Crippen molar-refractivity contribution in [1.82, 2.24) is 4.90 Å². The summed E-state index contributed by atoms with van der Waals surface area (Å²) in [5.41, 5.74) is 0. The Morgan fingerprint density at radius 2 is 1.92 bits per heavy atom. The Kier molecular flexibility index (Phi) is 1.85. The summed E-state index contributed by atoms with van der Waals surface area (Å²) in [6.45, 7) is 0. The third-order valence-corrected chi connectivity index (χ3v) is 1.78. The van der Waals surface area contributed by atoms with Crippen LogP contribution in [-0.2, 0) is 9.59 Å². The summed E-state index contributed by atoms with van der Waals surface area (Å²) in [6.07, 6.45) is -5.35. The largest absolute Gasteiger partial charge is 0.401 e. The van der Waals surface area contributed by atoms with Crippen LogP contribution in [0.15, 0.2) is 0 Å². The number of carbonyl (C=O) groups excluding carboxylic acids is 2. The molecule has 0 saturated carbocycles.